The van der Waals surface area contributed by atoms with Gasteiger partial charge >= 0.3 is 0 Å². The van der Waals surface area contributed by atoms with Crippen molar-refractivity contribution >= 4 is 5.91 Å². The standard InChI is InChI=1S/C12H20N4O/c1-8(2)10-13-11(15-14-10)12(17)16-6-4-9(3)5-7-16/h8-9H,4-7H2,1-3H3,(H,13,14,15). The lowest BCUT2D eigenvalue weighted by atomic mass is 9.99. The highest BCUT2D eigenvalue weighted by Gasteiger charge is 2.24. The highest BCUT2D eigenvalue weighted by molar-refractivity contribution is 5.90. The van der Waals surface area contributed by atoms with Crippen molar-refractivity contribution in [3.05, 3.63) is 11.6 Å². The van der Waals surface area contributed by atoms with Crippen LogP contribution in [0.2, 0.25) is 0 Å². The van der Waals surface area contributed by atoms with E-state index in [-0.39, 0.29) is 11.8 Å². The van der Waals surface area contributed by atoms with Crippen molar-refractivity contribution in [3.63, 3.8) is 0 Å². The van der Waals surface area contributed by atoms with Crippen LogP contribution in [0.25, 0.3) is 0 Å². The third-order valence-corrected chi connectivity index (χ3v) is 3.31. The molecule has 0 aliphatic carbocycles. The quantitative estimate of drug-likeness (QED) is 0.851. The van der Waals surface area contributed by atoms with E-state index < -0.39 is 0 Å². The van der Waals surface area contributed by atoms with Crippen LogP contribution in [-0.2, 0) is 0 Å². The summed E-state index contributed by atoms with van der Waals surface area (Å²) in [5.74, 6) is 2.03. The molecule has 1 aliphatic rings. The van der Waals surface area contributed by atoms with Crippen LogP contribution in [0.3, 0.4) is 0 Å². The molecule has 1 aliphatic heterocycles. The van der Waals surface area contributed by atoms with Gasteiger partial charge in [-0.1, -0.05) is 20.8 Å². The number of H-pyrrole nitrogens is 1. The summed E-state index contributed by atoms with van der Waals surface area (Å²) in [7, 11) is 0. The summed E-state index contributed by atoms with van der Waals surface area (Å²) in [6, 6.07) is 0. The van der Waals surface area contributed by atoms with E-state index in [1.54, 1.807) is 0 Å². The van der Waals surface area contributed by atoms with Gasteiger partial charge in [0.05, 0.1) is 0 Å². The Hall–Kier alpha value is -1.39. The molecule has 1 saturated heterocycles. The normalized spacial score (nSPS) is 17.8. The molecule has 2 rings (SSSR count). The molecule has 1 amide bonds. The summed E-state index contributed by atoms with van der Waals surface area (Å²) in [4.78, 5) is 18.2. The first-order valence-corrected chi connectivity index (χ1v) is 6.29. The Morgan fingerprint density at radius 1 is 1.41 bits per heavy atom. The number of carbonyl (C=O) groups is 1. The Labute approximate surface area is 102 Å². The maximum Gasteiger partial charge on any atom is 0.293 e. The molecule has 17 heavy (non-hydrogen) atoms. The number of likely N-dealkylation sites (tertiary alicyclic amines) is 1. The summed E-state index contributed by atoms with van der Waals surface area (Å²) in [5, 5.41) is 6.83. The molecule has 0 spiro atoms. The molecule has 1 aromatic heterocycles. The van der Waals surface area contributed by atoms with Crippen molar-refractivity contribution in [3.8, 4) is 0 Å². The Bertz CT molecular complexity index is 391. The number of rotatable bonds is 2. The minimum absolute atomic E-state index is 0.0416. The van der Waals surface area contributed by atoms with E-state index in [9.17, 15) is 4.79 Å². The van der Waals surface area contributed by atoms with Crippen molar-refractivity contribution in [2.75, 3.05) is 13.1 Å². The highest BCUT2D eigenvalue weighted by atomic mass is 16.2. The minimum Gasteiger partial charge on any atom is -0.336 e. The SMILES string of the molecule is CC1CCN(C(=O)c2n[nH]c(C(C)C)n2)CC1. The molecule has 1 fully saturated rings. The van der Waals surface area contributed by atoms with Crippen LogP contribution in [0.1, 0.15) is 56.0 Å². The number of hydrogen-bond donors (Lipinski definition) is 1. The van der Waals surface area contributed by atoms with Gasteiger partial charge in [-0.25, -0.2) is 4.98 Å². The van der Waals surface area contributed by atoms with Crippen LogP contribution in [0.4, 0.5) is 0 Å². The van der Waals surface area contributed by atoms with Crippen LogP contribution >= 0.6 is 0 Å². The third-order valence-electron chi connectivity index (χ3n) is 3.31. The number of amides is 1. The molecule has 94 valence electrons. The monoisotopic (exact) mass is 236 g/mol. The maximum absolute atomic E-state index is 12.1. The topological polar surface area (TPSA) is 61.9 Å². The van der Waals surface area contributed by atoms with Crippen molar-refractivity contribution < 1.29 is 4.79 Å². The zero-order valence-electron chi connectivity index (χ0n) is 10.7. The second-order valence-electron chi connectivity index (χ2n) is 5.17. The number of piperidine rings is 1. The number of nitrogens with zero attached hydrogens (tertiary/aromatic N) is 3. The molecule has 1 aromatic rings. The average Bonchev–Trinajstić information content (AvgIpc) is 2.78. The number of carbonyl (C=O) groups excluding carboxylic acids is 1. The van der Waals surface area contributed by atoms with Crippen molar-refractivity contribution in [1.82, 2.24) is 20.1 Å². The van der Waals surface area contributed by atoms with E-state index >= 15 is 0 Å². The van der Waals surface area contributed by atoms with Crippen LogP contribution < -0.4 is 0 Å². The van der Waals surface area contributed by atoms with Gasteiger partial charge in [0.1, 0.15) is 5.82 Å². The van der Waals surface area contributed by atoms with E-state index in [1.807, 2.05) is 18.7 Å². The summed E-state index contributed by atoms with van der Waals surface area (Å²) >= 11 is 0. The van der Waals surface area contributed by atoms with Gasteiger partial charge < -0.3 is 4.90 Å². The van der Waals surface area contributed by atoms with Gasteiger partial charge in [-0.2, -0.15) is 0 Å². The second-order valence-corrected chi connectivity index (χ2v) is 5.17. The smallest absolute Gasteiger partial charge is 0.293 e. The van der Waals surface area contributed by atoms with Gasteiger partial charge in [-0.3, -0.25) is 9.89 Å². The summed E-state index contributed by atoms with van der Waals surface area (Å²) in [6.45, 7) is 7.93. The van der Waals surface area contributed by atoms with Crippen LogP contribution in [0, 0.1) is 5.92 Å². The molecule has 5 nitrogen and oxygen atoms in total. The third kappa shape index (κ3) is 2.65. The molecule has 1 N–H and O–H groups in total. The number of nitrogens with one attached hydrogen (secondary N) is 1. The lowest BCUT2D eigenvalue weighted by Gasteiger charge is -2.29. The van der Waals surface area contributed by atoms with Crippen LogP contribution in [0.15, 0.2) is 0 Å². The lowest BCUT2D eigenvalue weighted by molar-refractivity contribution is 0.0685. The first kappa shape index (κ1) is 12.1. The fraction of sp³-hybridized carbons (Fsp3) is 0.750. The van der Waals surface area contributed by atoms with E-state index in [4.69, 9.17) is 0 Å². The van der Waals surface area contributed by atoms with Crippen molar-refractivity contribution in [2.45, 2.75) is 39.5 Å². The maximum atomic E-state index is 12.1. The first-order chi connectivity index (χ1) is 8.08. The summed E-state index contributed by atoms with van der Waals surface area (Å²) < 4.78 is 0. The largest absolute Gasteiger partial charge is 0.336 e. The van der Waals surface area contributed by atoms with E-state index in [1.165, 1.54) is 0 Å². The summed E-state index contributed by atoms with van der Waals surface area (Å²) in [6.07, 6.45) is 2.15. The van der Waals surface area contributed by atoms with E-state index in [0.717, 1.165) is 37.7 Å². The molecular weight excluding hydrogens is 216 g/mol. The molecular formula is C12H20N4O. The van der Waals surface area contributed by atoms with Gasteiger partial charge in [-0.05, 0) is 18.8 Å². The number of aromatic nitrogens is 3. The Morgan fingerprint density at radius 2 is 2.06 bits per heavy atom. The second kappa shape index (κ2) is 4.85. The fourth-order valence-electron chi connectivity index (χ4n) is 1.98. The number of aromatic amines is 1. The van der Waals surface area contributed by atoms with Gasteiger partial charge in [0, 0.05) is 19.0 Å². The van der Waals surface area contributed by atoms with E-state index in [2.05, 4.69) is 22.1 Å². The molecule has 0 bridgehead atoms. The first-order valence-electron chi connectivity index (χ1n) is 6.29. The fourth-order valence-corrected chi connectivity index (χ4v) is 1.98. The zero-order valence-corrected chi connectivity index (χ0v) is 10.7. The predicted octanol–water partition coefficient (Wildman–Crippen LogP) is 1.80. The van der Waals surface area contributed by atoms with Crippen LogP contribution in [0.5, 0.6) is 0 Å². The molecule has 0 aromatic carbocycles. The minimum atomic E-state index is -0.0416. The van der Waals surface area contributed by atoms with Gasteiger partial charge in [-0.15, -0.1) is 5.10 Å². The molecule has 2 heterocycles. The Morgan fingerprint density at radius 3 is 2.59 bits per heavy atom. The lowest BCUT2D eigenvalue weighted by Crippen LogP contribution is -2.38. The molecule has 5 heteroatoms. The van der Waals surface area contributed by atoms with Crippen molar-refractivity contribution in [1.29, 1.82) is 0 Å². The van der Waals surface area contributed by atoms with Gasteiger partial charge in [0.2, 0.25) is 5.82 Å². The Balaban J connectivity index is 2.03. The zero-order chi connectivity index (χ0) is 12.4. The van der Waals surface area contributed by atoms with E-state index in [0.29, 0.717) is 5.82 Å². The van der Waals surface area contributed by atoms with Gasteiger partial charge in [0.25, 0.3) is 5.91 Å². The molecule has 0 saturated carbocycles. The summed E-state index contributed by atoms with van der Waals surface area (Å²) in [5.41, 5.74) is 0. The molecule has 0 unspecified atom stereocenters. The number of hydrogen-bond acceptors (Lipinski definition) is 3. The molecule has 0 radical (unpaired) electrons. The van der Waals surface area contributed by atoms with Gasteiger partial charge in [0.15, 0.2) is 0 Å². The van der Waals surface area contributed by atoms with Crippen LogP contribution in [-0.4, -0.2) is 39.1 Å². The molecule has 0 atom stereocenters. The predicted molar refractivity (Wildman–Crippen MR) is 64.8 cm³/mol. The highest BCUT2D eigenvalue weighted by Crippen LogP contribution is 2.17. The Kier molecular flexibility index (Phi) is 3.45. The van der Waals surface area contributed by atoms with Crippen molar-refractivity contribution in [2.24, 2.45) is 5.92 Å². The average molecular weight is 236 g/mol.